The molecular formula is C21H22N4O2. The highest BCUT2D eigenvalue weighted by molar-refractivity contribution is 5.87. The number of aromatic nitrogens is 1. The third-order valence-corrected chi connectivity index (χ3v) is 4.73. The number of pyridine rings is 1. The topological polar surface area (TPSA) is 99.7 Å². The Morgan fingerprint density at radius 3 is 2.52 bits per heavy atom. The minimum Gasteiger partial charge on any atom is -0.469 e. The van der Waals surface area contributed by atoms with Crippen LogP contribution in [0.1, 0.15) is 35.0 Å². The van der Waals surface area contributed by atoms with Gasteiger partial charge in [-0.15, -0.1) is 0 Å². The SMILES string of the molecule is Nc1ccc(C2CC(Cc3ccc(CCc4ccco4)cc3)=NO2)c(N)n1. The quantitative estimate of drug-likeness (QED) is 0.697. The Morgan fingerprint density at radius 2 is 1.78 bits per heavy atom. The van der Waals surface area contributed by atoms with Crippen LogP contribution >= 0.6 is 0 Å². The second-order valence-corrected chi connectivity index (χ2v) is 6.74. The van der Waals surface area contributed by atoms with Crippen molar-refractivity contribution in [2.75, 3.05) is 11.5 Å². The molecule has 1 aliphatic heterocycles. The fourth-order valence-corrected chi connectivity index (χ4v) is 3.25. The van der Waals surface area contributed by atoms with Crippen LogP contribution in [-0.2, 0) is 24.1 Å². The van der Waals surface area contributed by atoms with E-state index in [9.17, 15) is 0 Å². The molecule has 0 amide bonds. The van der Waals surface area contributed by atoms with E-state index in [1.165, 1.54) is 11.1 Å². The Morgan fingerprint density at radius 1 is 0.963 bits per heavy atom. The van der Waals surface area contributed by atoms with Gasteiger partial charge < -0.3 is 20.7 Å². The molecule has 1 atom stereocenters. The molecule has 3 heterocycles. The number of benzene rings is 1. The third-order valence-electron chi connectivity index (χ3n) is 4.73. The van der Waals surface area contributed by atoms with Gasteiger partial charge in [0.2, 0.25) is 0 Å². The Kier molecular flexibility index (Phi) is 4.78. The third kappa shape index (κ3) is 4.11. The molecule has 4 N–H and O–H groups in total. The molecule has 6 nitrogen and oxygen atoms in total. The molecule has 138 valence electrons. The van der Waals surface area contributed by atoms with Gasteiger partial charge in [-0.3, -0.25) is 0 Å². The summed E-state index contributed by atoms with van der Waals surface area (Å²) in [6.45, 7) is 0. The highest BCUT2D eigenvalue weighted by Crippen LogP contribution is 2.31. The van der Waals surface area contributed by atoms with Crippen molar-refractivity contribution in [3.05, 3.63) is 77.2 Å². The number of furan rings is 1. The van der Waals surface area contributed by atoms with Crippen LogP contribution in [0.5, 0.6) is 0 Å². The number of nitrogens with two attached hydrogens (primary N) is 2. The van der Waals surface area contributed by atoms with E-state index in [2.05, 4.69) is 34.4 Å². The molecule has 6 heteroatoms. The van der Waals surface area contributed by atoms with E-state index < -0.39 is 0 Å². The lowest BCUT2D eigenvalue weighted by atomic mass is 9.99. The number of hydrogen-bond acceptors (Lipinski definition) is 6. The van der Waals surface area contributed by atoms with Gasteiger partial charge in [-0.05, 0) is 41.8 Å². The van der Waals surface area contributed by atoms with Crippen LogP contribution in [0.3, 0.4) is 0 Å². The zero-order valence-corrected chi connectivity index (χ0v) is 15.0. The lowest BCUT2D eigenvalue weighted by Gasteiger charge is -2.11. The molecule has 1 aromatic carbocycles. The van der Waals surface area contributed by atoms with Crippen LogP contribution in [0.4, 0.5) is 11.6 Å². The van der Waals surface area contributed by atoms with Crippen LogP contribution in [0.25, 0.3) is 0 Å². The molecule has 2 aromatic heterocycles. The van der Waals surface area contributed by atoms with Crippen molar-refractivity contribution in [1.29, 1.82) is 0 Å². The van der Waals surface area contributed by atoms with Crippen LogP contribution in [0, 0.1) is 0 Å². The zero-order valence-electron chi connectivity index (χ0n) is 15.0. The Labute approximate surface area is 157 Å². The summed E-state index contributed by atoms with van der Waals surface area (Å²) in [7, 11) is 0. The number of rotatable bonds is 6. The van der Waals surface area contributed by atoms with Gasteiger partial charge in [-0.25, -0.2) is 4.98 Å². The maximum Gasteiger partial charge on any atom is 0.161 e. The summed E-state index contributed by atoms with van der Waals surface area (Å²) in [5, 5.41) is 4.23. The molecule has 0 bridgehead atoms. The van der Waals surface area contributed by atoms with Gasteiger partial charge in [0, 0.05) is 24.8 Å². The highest BCUT2D eigenvalue weighted by atomic mass is 16.6. The summed E-state index contributed by atoms with van der Waals surface area (Å²) in [4.78, 5) is 9.66. The first-order valence-corrected chi connectivity index (χ1v) is 9.01. The molecule has 4 rings (SSSR count). The van der Waals surface area contributed by atoms with E-state index in [0.29, 0.717) is 18.1 Å². The largest absolute Gasteiger partial charge is 0.469 e. The summed E-state index contributed by atoms with van der Waals surface area (Å²) in [5.74, 6) is 1.82. The van der Waals surface area contributed by atoms with Crippen LogP contribution in [0.2, 0.25) is 0 Å². The summed E-state index contributed by atoms with van der Waals surface area (Å²) >= 11 is 0. The molecule has 0 saturated carbocycles. The molecule has 1 unspecified atom stereocenters. The second-order valence-electron chi connectivity index (χ2n) is 6.74. The van der Waals surface area contributed by atoms with Crippen molar-refractivity contribution < 1.29 is 9.25 Å². The molecule has 3 aromatic rings. The van der Waals surface area contributed by atoms with E-state index in [0.717, 1.165) is 36.3 Å². The van der Waals surface area contributed by atoms with Gasteiger partial charge in [-0.2, -0.15) is 0 Å². The second kappa shape index (κ2) is 7.53. The maximum atomic E-state index is 5.95. The molecule has 0 radical (unpaired) electrons. The first-order chi connectivity index (χ1) is 13.2. The van der Waals surface area contributed by atoms with Gasteiger partial charge in [0.25, 0.3) is 0 Å². The number of aryl methyl sites for hydroxylation is 2. The van der Waals surface area contributed by atoms with Crippen molar-refractivity contribution in [3.8, 4) is 0 Å². The lowest BCUT2D eigenvalue weighted by Crippen LogP contribution is -2.07. The van der Waals surface area contributed by atoms with Crippen LogP contribution < -0.4 is 11.5 Å². The smallest absolute Gasteiger partial charge is 0.161 e. The molecule has 0 spiro atoms. The molecule has 0 saturated heterocycles. The fraction of sp³-hybridized carbons (Fsp3) is 0.238. The number of oxime groups is 1. The van der Waals surface area contributed by atoms with Gasteiger partial charge >= 0.3 is 0 Å². The van der Waals surface area contributed by atoms with E-state index in [1.54, 1.807) is 12.3 Å². The monoisotopic (exact) mass is 362 g/mol. The first kappa shape index (κ1) is 17.1. The standard InChI is InChI=1S/C21H22N4O2/c22-20-10-9-18(21(23)24-20)19-13-16(25-27-19)12-15-5-3-14(4-6-15)7-8-17-2-1-11-26-17/h1-6,9-11,19H,7-8,12-13H2,(H4,22,23,24). The Hall–Kier alpha value is -3.28. The minimum absolute atomic E-state index is 0.194. The van der Waals surface area contributed by atoms with Crippen molar-refractivity contribution in [3.63, 3.8) is 0 Å². The average molecular weight is 362 g/mol. The van der Waals surface area contributed by atoms with Crippen LogP contribution in [-0.4, -0.2) is 10.7 Å². The van der Waals surface area contributed by atoms with E-state index in [4.69, 9.17) is 20.7 Å². The molecule has 1 aliphatic rings. The average Bonchev–Trinajstić information content (AvgIpc) is 3.33. The molecule has 0 fully saturated rings. The Balaban J connectivity index is 1.33. The van der Waals surface area contributed by atoms with Gasteiger partial charge in [0.1, 0.15) is 17.4 Å². The summed E-state index contributed by atoms with van der Waals surface area (Å²) in [5.41, 5.74) is 15.9. The van der Waals surface area contributed by atoms with E-state index in [-0.39, 0.29) is 6.10 Å². The summed E-state index contributed by atoms with van der Waals surface area (Å²) < 4.78 is 5.38. The van der Waals surface area contributed by atoms with Crippen molar-refractivity contribution in [1.82, 2.24) is 4.98 Å². The fourth-order valence-electron chi connectivity index (χ4n) is 3.25. The van der Waals surface area contributed by atoms with E-state index >= 15 is 0 Å². The summed E-state index contributed by atoms with van der Waals surface area (Å²) in [6, 6.07) is 16.1. The van der Waals surface area contributed by atoms with E-state index in [1.807, 2.05) is 18.2 Å². The highest BCUT2D eigenvalue weighted by Gasteiger charge is 2.25. The number of anilines is 2. The number of nitrogens with zero attached hydrogens (tertiary/aromatic N) is 2. The zero-order chi connectivity index (χ0) is 18.6. The van der Waals surface area contributed by atoms with Crippen molar-refractivity contribution in [2.24, 2.45) is 5.16 Å². The Bertz CT molecular complexity index is 933. The maximum absolute atomic E-state index is 5.95. The molecular weight excluding hydrogens is 340 g/mol. The minimum atomic E-state index is -0.194. The molecule has 27 heavy (non-hydrogen) atoms. The predicted octanol–water partition coefficient (Wildman–Crippen LogP) is 3.68. The number of nitrogen functional groups attached to an aromatic ring is 2. The van der Waals surface area contributed by atoms with Gasteiger partial charge in [-0.1, -0.05) is 29.4 Å². The van der Waals surface area contributed by atoms with Gasteiger partial charge in [0.15, 0.2) is 6.10 Å². The van der Waals surface area contributed by atoms with Crippen molar-refractivity contribution in [2.45, 2.75) is 31.8 Å². The first-order valence-electron chi connectivity index (χ1n) is 9.01. The summed E-state index contributed by atoms with van der Waals surface area (Å²) in [6.07, 6.45) is 4.85. The predicted molar refractivity (Wildman–Crippen MR) is 105 cm³/mol. The normalized spacial score (nSPS) is 16.1. The van der Waals surface area contributed by atoms with Gasteiger partial charge in [0.05, 0.1) is 12.0 Å². The lowest BCUT2D eigenvalue weighted by molar-refractivity contribution is 0.0860. The van der Waals surface area contributed by atoms with Crippen LogP contribution in [0.15, 0.2) is 64.4 Å². The van der Waals surface area contributed by atoms with Crippen molar-refractivity contribution >= 4 is 17.3 Å². The number of hydrogen-bond donors (Lipinski definition) is 2. The molecule has 0 aliphatic carbocycles.